The number of aliphatic carboxylic acids is 1. The number of hydrogen-bond acceptors (Lipinski definition) is 2. The second-order valence-electron chi connectivity index (χ2n) is 3.15. The Labute approximate surface area is 98.9 Å². The molecule has 84 valence electrons. The van der Waals surface area contributed by atoms with Gasteiger partial charge in [0.2, 0.25) is 0 Å². The van der Waals surface area contributed by atoms with Gasteiger partial charge in [0, 0.05) is 23.3 Å². The molecule has 0 spiro atoms. The highest BCUT2D eigenvalue weighted by Crippen LogP contribution is 2.10. The average molecular weight is 238 g/mol. The molecule has 0 aromatic heterocycles. The van der Waals surface area contributed by atoms with Crippen molar-refractivity contribution < 1.29 is 14.3 Å². The molecule has 4 heteroatoms. The standard InChI is InChI=1S/C12H11FO2S/c13-11-5-4-9(3-1-2-6-16)7-10(11)8-12(14)15/h4-5,7,16H,2,6,8H2,(H,14,15). The number of halogens is 1. The van der Waals surface area contributed by atoms with E-state index in [-0.39, 0.29) is 12.0 Å². The third-order valence-electron chi connectivity index (χ3n) is 1.86. The summed E-state index contributed by atoms with van der Waals surface area (Å²) < 4.78 is 13.2. The molecule has 0 radical (unpaired) electrons. The van der Waals surface area contributed by atoms with Crippen LogP contribution in [-0.4, -0.2) is 16.8 Å². The molecule has 16 heavy (non-hydrogen) atoms. The normalized spacial score (nSPS) is 9.38. The van der Waals surface area contributed by atoms with Crippen LogP contribution in [0.15, 0.2) is 18.2 Å². The van der Waals surface area contributed by atoms with Gasteiger partial charge in [0.05, 0.1) is 6.42 Å². The minimum absolute atomic E-state index is 0.158. The Kier molecular flexibility index (Phi) is 4.87. The summed E-state index contributed by atoms with van der Waals surface area (Å²) in [7, 11) is 0. The van der Waals surface area contributed by atoms with Crippen LogP contribution in [-0.2, 0) is 11.2 Å². The Morgan fingerprint density at radius 1 is 1.50 bits per heavy atom. The van der Waals surface area contributed by atoms with Gasteiger partial charge in [0.1, 0.15) is 5.82 Å². The molecule has 0 unspecified atom stereocenters. The molecule has 0 fully saturated rings. The van der Waals surface area contributed by atoms with E-state index >= 15 is 0 Å². The van der Waals surface area contributed by atoms with Crippen LogP contribution < -0.4 is 0 Å². The molecule has 0 amide bonds. The van der Waals surface area contributed by atoms with E-state index < -0.39 is 11.8 Å². The lowest BCUT2D eigenvalue weighted by atomic mass is 10.1. The zero-order valence-electron chi connectivity index (χ0n) is 8.53. The number of rotatable bonds is 3. The lowest BCUT2D eigenvalue weighted by Gasteiger charge is -2.00. The molecule has 0 bridgehead atoms. The molecule has 1 rings (SSSR count). The highest BCUT2D eigenvalue weighted by atomic mass is 32.1. The first-order valence-electron chi connectivity index (χ1n) is 4.73. The lowest BCUT2D eigenvalue weighted by molar-refractivity contribution is -0.136. The van der Waals surface area contributed by atoms with Crippen molar-refractivity contribution in [1.82, 2.24) is 0 Å². The van der Waals surface area contributed by atoms with Gasteiger partial charge in [-0.05, 0) is 18.2 Å². The van der Waals surface area contributed by atoms with E-state index in [9.17, 15) is 9.18 Å². The summed E-state index contributed by atoms with van der Waals surface area (Å²) in [5.41, 5.74) is 0.782. The summed E-state index contributed by atoms with van der Waals surface area (Å²) >= 11 is 4.01. The van der Waals surface area contributed by atoms with Gasteiger partial charge < -0.3 is 5.11 Å². The molecule has 0 aliphatic carbocycles. The van der Waals surface area contributed by atoms with Gasteiger partial charge >= 0.3 is 5.97 Å². The molecule has 1 aromatic carbocycles. The Hall–Kier alpha value is -1.47. The largest absolute Gasteiger partial charge is 0.481 e. The Morgan fingerprint density at radius 2 is 2.25 bits per heavy atom. The Balaban J connectivity index is 2.90. The first-order chi connectivity index (χ1) is 7.63. The Morgan fingerprint density at radius 3 is 2.88 bits per heavy atom. The van der Waals surface area contributed by atoms with E-state index in [0.717, 1.165) is 0 Å². The third kappa shape index (κ3) is 3.95. The van der Waals surface area contributed by atoms with Gasteiger partial charge in [-0.15, -0.1) is 0 Å². The van der Waals surface area contributed by atoms with Gasteiger partial charge in [0.15, 0.2) is 0 Å². The molecule has 0 aliphatic heterocycles. The number of thiol groups is 1. The summed E-state index contributed by atoms with van der Waals surface area (Å²) in [5.74, 6) is 4.78. The fourth-order valence-electron chi connectivity index (χ4n) is 1.17. The van der Waals surface area contributed by atoms with E-state index in [0.29, 0.717) is 17.7 Å². The monoisotopic (exact) mass is 238 g/mol. The lowest BCUT2D eigenvalue weighted by Crippen LogP contribution is -2.02. The average Bonchev–Trinajstić information content (AvgIpc) is 2.22. The second kappa shape index (κ2) is 6.19. The van der Waals surface area contributed by atoms with Crippen molar-refractivity contribution in [1.29, 1.82) is 0 Å². The maximum Gasteiger partial charge on any atom is 0.307 e. The van der Waals surface area contributed by atoms with Crippen molar-refractivity contribution in [2.24, 2.45) is 0 Å². The molecule has 1 N–H and O–H groups in total. The number of carbonyl (C=O) groups is 1. The van der Waals surface area contributed by atoms with Crippen LogP contribution in [0.2, 0.25) is 0 Å². The highest BCUT2D eigenvalue weighted by molar-refractivity contribution is 7.80. The van der Waals surface area contributed by atoms with Crippen LogP contribution in [0.5, 0.6) is 0 Å². The zero-order chi connectivity index (χ0) is 12.0. The smallest absolute Gasteiger partial charge is 0.307 e. The first-order valence-corrected chi connectivity index (χ1v) is 5.36. The van der Waals surface area contributed by atoms with Crippen LogP contribution in [0.3, 0.4) is 0 Å². The van der Waals surface area contributed by atoms with Crippen molar-refractivity contribution in [3.8, 4) is 11.8 Å². The molecule has 0 saturated heterocycles. The van der Waals surface area contributed by atoms with Gasteiger partial charge in [-0.1, -0.05) is 11.8 Å². The maximum atomic E-state index is 13.2. The van der Waals surface area contributed by atoms with E-state index in [2.05, 4.69) is 24.5 Å². The van der Waals surface area contributed by atoms with Crippen LogP contribution in [0, 0.1) is 17.7 Å². The molecule has 2 nitrogen and oxygen atoms in total. The summed E-state index contributed by atoms with van der Waals surface area (Å²) in [5, 5.41) is 8.58. The molecule has 0 aliphatic rings. The zero-order valence-corrected chi connectivity index (χ0v) is 9.43. The van der Waals surface area contributed by atoms with Crippen LogP contribution in [0.4, 0.5) is 4.39 Å². The van der Waals surface area contributed by atoms with Crippen molar-refractivity contribution in [3.63, 3.8) is 0 Å². The summed E-state index contributed by atoms with van der Waals surface area (Å²) in [6.45, 7) is 0. The molecule has 0 saturated carbocycles. The second-order valence-corrected chi connectivity index (χ2v) is 3.60. The SMILES string of the molecule is O=C(O)Cc1cc(C#CCCS)ccc1F. The van der Waals surface area contributed by atoms with E-state index in [1.165, 1.54) is 18.2 Å². The van der Waals surface area contributed by atoms with Gasteiger partial charge in [-0.2, -0.15) is 12.6 Å². The Bertz CT molecular complexity index is 446. The fraction of sp³-hybridized carbons (Fsp3) is 0.250. The van der Waals surface area contributed by atoms with Crippen molar-refractivity contribution in [2.45, 2.75) is 12.8 Å². The number of hydrogen-bond donors (Lipinski definition) is 2. The third-order valence-corrected chi connectivity index (χ3v) is 2.08. The quantitative estimate of drug-likeness (QED) is 0.625. The summed E-state index contributed by atoms with van der Waals surface area (Å²) in [6.07, 6.45) is 0.322. The van der Waals surface area contributed by atoms with Crippen LogP contribution in [0.25, 0.3) is 0 Å². The van der Waals surface area contributed by atoms with Gasteiger partial charge in [0.25, 0.3) is 0 Å². The molecule has 0 atom stereocenters. The molecular weight excluding hydrogens is 227 g/mol. The van der Waals surface area contributed by atoms with E-state index in [1.807, 2.05) is 0 Å². The number of carboxylic acid groups (broad SMARTS) is 1. The number of benzene rings is 1. The van der Waals surface area contributed by atoms with Crippen molar-refractivity contribution in [3.05, 3.63) is 35.1 Å². The van der Waals surface area contributed by atoms with E-state index in [1.54, 1.807) is 0 Å². The first kappa shape index (κ1) is 12.6. The van der Waals surface area contributed by atoms with Gasteiger partial charge in [-0.3, -0.25) is 4.79 Å². The minimum Gasteiger partial charge on any atom is -0.481 e. The molecule has 0 heterocycles. The highest BCUT2D eigenvalue weighted by Gasteiger charge is 2.06. The predicted octanol–water partition coefficient (Wildman–Crippen LogP) is 2.12. The van der Waals surface area contributed by atoms with Crippen LogP contribution in [0.1, 0.15) is 17.5 Å². The minimum atomic E-state index is -1.06. The number of carboxylic acids is 1. The van der Waals surface area contributed by atoms with Crippen LogP contribution >= 0.6 is 12.6 Å². The summed E-state index contributed by atoms with van der Waals surface area (Å²) in [4.78, 5) is 10.5. The van der Waals surface area contributed by atoms with Crippen molar-refractivity contribution >= 4 is 18.6 Å². The topological polar surface area (TPSA) is 37.3 Å². The maximum absolute atomic E-state index is 13.2. The summed E-state index contributed by atoms with van der Waals surface area (Å²) in [6, 6.07) is 4.24. The fourth-order valence-corrected chi connectivity index (χ4v) is 1.28. The predicted molar refractivity (Wildman–Crippen MR) is 63.1 cm³/mol. The van der Waals surface area contributed by atoms with Gasteiger partial charge in [-0.25, -0.2) is 4.39 Å². The van der Waals surface area contributed by atoms with E-state index in [4.69, 9.17) is 5.11 Å². The molecule has 1 aromatic rings. The molecular formula is C12H11FO2S. The van der Waals surface area contributed by atoms with Crippen molar-refractivity contribution in [2.75, 3.05) is 5.75 Å².